The average molecular weight is 316 g/mol. The van der Waals surface area contributed by atoms with Gasteiger partial charge in [-0.3, -0.25) is 0 Å². The summed E-state index contributed by atoms with van der Waals surface area (Å²) in [7, 11) is 0. The van der Waals surface area contributed by atoms with Gasteiger partial charge in [-0.25, -0.2) is 0 Å². The maximum Gasteiger partial charge on any atom is 0.0439 e. The quantitative estimate of drug-likeness (QED) is 0.613. The maximum atomic E-state index is 6.31. The molecular formula is C17H27Cl2N. The van der Waals surface area contributed by atoms with Gasteiger partial charge in [0.05, 0.1) is 0 Å². The fourth-order valence-corrected chi connectivity index (χ4v) is 3.28. The fourth-order valence-electron chi connectivity index (χ4n) is 2.89. The Morgan fingerprint density at radius 3 is 2.25 bits per heavy atom. The van der Waals surface area contributed by atoms with Crippen molar-refractivity contribution in [1.29, 1.82) is 0 Å². The smallest absolute Gasteiger partial charge is 0.0439 e. The van der Waals surface area contributed by atoms with Gasteiger partial charge < -0.3 is 5.32 Å². The second-order valence-electron chi connectivity index (χ2n) is 5.44. The minimum absolute atomic E-state index is 0.482. The predicted octanol–water partition coefficient (Wildman–Crippen LogP) is 5.73. The van der Waals surface area contributed by atoms with Gasteiger partial charge in [0.2, 0.25) is 0 Å². The van der Waals surface area contributed by atoms with Gasteiger partial charge in [0.25, 0.3) is 0 Å². The molecule has 1 aromatic carbocycles. The van der Waals surface area contributed by atoms with Gasteiger partial charge in [-0.2, -0.15) is 0 Å². The summed E-state index contributed by atoms with van der Waals surface area (Å²) in [5, 5.41) is 5.23. The predicted molar refractivity (Wildman–Crippen MR) is 90.9 cm³/mol. The molecule has 3 heteroatoms. The van der Waals surface area contributed by atoms with E-state index in [1.165, 1.54) is 25.7 Å². The second-order valence-corrected chi connectivity index (χ2v) is 6.29. The van der Waals surface area contributed by atoms with Crippen LogP contribution in [0.2, 0.25) is 10.0 Å². The summed E-state index contributed by atoms with van der Waals surface area (Å²) in [4.78, 5) is 0. The second kappa shape index (κ2) is 9.65. The van der Waals surface area contributed by atoms with E-state index in [9.17, 15) is 0 Å². The van der Waals surface area contributed by atoms with Crippen molar-refractivity contribution in [2.75, 3.05) is 6.54 Å². The highest BCUT2D eigenvalue weighted by Gasteiger charge is 2.20. The molecule has 1 unspecified atom stereocenters. The SMILES string of the molecule is CCCC(CCC)C(Cc1cc(Cl)ccc1Cl)NCC. The van der Waals surface area contributed by atoms with Crippen LogP contribution in [0.15, 0.2) is 18.2 Å². The van der Waals surface area contributed by atoms with Crippen molar-refractivity contribution < 1.29 is 0 Å². The van der Waals surface area contributed by atoms with E-state index in [-0.39, 0.29) is 0 Å². The van der Waals surface area contributed by atoms with Crippen molar-refractivity contribution in [2.45, 2.75) is 58.9 Å². The van der Waals surface area contributed by atoms with Gasteiger partial charge in [-0.1, -0.05) is 56.8 Å². The number of hydrogen-bond acceptors (Lipinski definition) is 1. The first-order chi connectivity index (χ1) is 9.62. The summed E-state index contributed by atoms with van der Waals surface area (Å²) < 4.78 is 0. The molecule has 114 valence electrons. The third-order valence-electron chi connectivity index (χ3n) is 3.80. The Hall–Kier alpha value is -0.240. The molecule has 0 radical (unpaired) electrons. The van der Waals surface area contributed by atoms with Gasteiger partial charge >= 0.3 is 0 Å². The van der Waals surface area contributed by atoms with Gasteiger partial charge in [0.1, 0.15) is 0 Å². The molecule has 20 heavy (non-hydrogen) atoms. The Bertz CT molecular complexity index is 387. The molecule has 0 aromatic heterocycles. The molecule has 0 spiro atoms. The van der Waals surface area contributed by atoms with Crippen molar-refractivity contribution in [3.63, 3.8) is 0 Å². The van der Waals surface area contributed by atoms with E-state index < -0.39 is 0 Å². The summed E-state index contributed by atoms with van der Waals surface area (Å²) in [6.07, 6.45) is 5.96. The van der Waals surface area contributed by atoms with Crippen LogP contribution in [0.25, 0.3) is 0 Å². The number of nitrogens with one attached hydrogen (secondary N) is 1. The zero-order valence-corrected chi connectivity index (χ0v) is 14.4. The summed E-state index contributed by atoms with van der Waals surface area (Å²) in [5.41, 5.74) is 1.15. The highest BCUT2D eigenvalue weighted by atomic mass is 35.5. The van der Waals surface area contributed by atoms with Crippen LogP contribution >= 0.6 is 23.2 Å². The molecule has 0 heterocycles. The third-order valence-corrected chi connectivity index (χ3v) is 4.41. The minimum Gasteiger partial charge on any atom is -0.314 e. The van der Waals surface area contributed by atoms with E-state index >= 15 is 0 Å². The van der Waals surface area contributed by atoms with E-state index in [1.807, 2.05) is 18.2 Å². The number of rotatable bonds is 9. The van der Waals surface area contributed by atoms with Crippen LogP contribution in [0.1, 0.15) is 52.0 Å². The van der Waals surface area contributed by atoms with Gasteiger partial charge in [-0.05, 0) is 55.5 Å². The number of likely N-dealkylation sites (N-methyl/N-ethyl adjacent to an activating group) is 1. The zero-order chi connectivity index (χ0) is 15.0. The van der Waals surface area contributed by atoms with E-state index in [4.69, 9.17) is 23.2 Å². The standard InChI is InChI=1S/C17H27Cl2N/c1-4-7-13(8-5-2)17(20-6-3)12-14-11-15(18)9-10-16(14)19/h9-11,13,17,20H,4-8,12H2,1-3H3. The van der Waals surface area contributed by atoms with Crippen molar-refractivity contribution in [3.8, 4) is 0 Å². The van der Waals surface area contributed by atoms with Crippen LogP contribution in [0.3, 0.4) is 0 Å². The maximum absolute atomic E-state index is 6.31. The van der Waals surface area contributed by atoms with E-state index in [1.54, 1.807) is 0 Å². The van der Waals surface area contributed by atoms with Gasteiger partial charge in [0, 0.05) is 16.1 Å². The Morgan fingerprint density at radius 1 is 1.05 bits per heavy atom. The molecule has 0 aliphatic carbocycles. The highest BCUT2D eigenvalue weighted by Crippen LogP contribution is 2.26. The van der Waals surface area contributed by atoms with E-state index in [0.29, 0.717) is 12.0 Å². The van der Waals surface area contributed by atoms with E-state index in [0.717, 1.165) is 28.6 Å². The lowest BCUT2D eigenvalue weighted by Crippen LogP contribution is -2.38. The Balaban J connectivity index is 2.86. The number of halogens is 2. The first kappa shape index (κ1) is 17.8. The fraction of sp³-hybridized carbons (Fsp3) is 0.647. The van der Waals surface area contributed by atoms with Crippen molar-refractivity contribution in [2.24, 2.45) is 5.92 Å². The van der Waals surface area contributed by atoms with Crippen LogP contribution in [-0.2, 0) is 6.42 Å². The Morgan fingerprint density at radius 2 is 1.70 bits per heavy atom. The van der Waals surface area contributed by atoms with Crippen molar-refractivity contribution in [1.82, 2.24) is 5.32 Å². The molecule has 1 aromatic rings. The molecule has 0 amide bonds. The van der Waals surface area contributed by atoms with Crippen LogP contribution in [-0.4, -0.2) is 12.6 Å². The van der Waals surface area contributed by atoms with Crippen molar-refractivity contribution >= 4 is 23.2 Å². The molecule has 0 aliphatic heterocycles. The van der Waals surface area contributed by atoms with Crippen LogP contribution in [0, 0.1) is 5.92 Å². The molecule has 1 N–H and O–H groups in total. The third kappa shape index (κ3) is 5.63. The molecule has 0 bridgehead atoms. The molecule has 1 rings (SSSR count). The molecule has 0 saturated carbocycles. The van der Waals surface area contributed by atoms with Crippen LogP contribution in [0.4, 0.5) is 0 Å². The average Bonchev–Trinajstić information content (AvgIpc) is 2.42. The zero-order valence-electron chi connectivity index (χ0n) is 12.9. The largest absolute Gasteiger partial charge is 0.314 e. The molecule has 0 aliphatic rings. The van der Waals surface area contributed by atoms with Gasteiger partial charge in [0.15, 0.2) is 0 Å². The lowest BCUT2D eigenvalue weighted by atomic mass is 9.86. The molecule has 0 fully saturated rings. The van der Waals surface area contributed by atoms with E-state index in [2.05, 4.69) is 26.1 Å². The minimum atomic E-state index is 0.482. The molecule has 1 atom stereocenters. The van der Waals surface area contributed by atoms with Crippen molar-refractivity contribution in [3.05, 3.63) is 33.8 Å². The summed E-state index contributed by atoms with van der Waals surface area (Å²) >= 11 is 12.4. The Labute approximate surface area is 134 Å². The summed E-state index contributed by atoms with van der Waals surface area (Å²) in [6.45, 7) is 7.68. The molecule has 0 saturated heterocycles. The van der Waals surface area contributed by atoms with Crippen LogP contribution in [0.5, 0.6) is 0 Å². The number of hydrogen-bond donors (Lipinski definition) is 1. The first-order valence-electron chi connectivity index (χ1n) is 7.79. The highest BCUT2D eigenvalue weighted by molar-refractivity contribution is 6.33. The number of benzene rings is 1. The first-order valence-corrected chi connectivity index (χ1v) is 8.55. The summed E-state index contributed by atoms with van der Waals surface area (Å²) in [5.74, 6) is 0.708. The topological polar surface area (TPSA) is 12.0 Å². The molecular weight excluding hydrogens is 289 g/mol. The Kier molecular flexibility index (Phi) is 8.60. The monoisotopic (exact) mass is 315 g/mol. The van der Waals surface area contributed by atoms with Crippen LogP contribution < -0.4 is 5.32 Å². The lowest BCUT2D eigenvalue weighted by Gasteiger charge is -2.28. The summed E-state index contributed by atoms with van der Waals surface area (Å²) in [6, 6.07) is 6.24. The normalized spacial score (nSPS) is 12.9. The lowest BCUT2D eigenvalue weighted by molar-refractivity contribution is 0.312. The van der Waals surface area contributed by atoms with Gasteiger partial charge in [-0.15, -0.1) is 0 Å². The molecule has 1 nitrogen and oxygen atoms in total.